The van der Waals surface area contributed by atoms with Gasteiger partial charge in [0.2, 0.25) is 0 Å². The zero-order valence-electron chi connectivity index (χ0n) is 10.0. The number of para-hydroxylation sites is 1. The lowest BCUT2D eigenvalue weighted by Crippen LogP contribution is -2.24. The minimum atomic E-state index is -0.110. The molecule has 0 amide bonds. The summed E-state index contributed by atoms with van der Waals surface area (Å²) < 4.78 is 6.38. The Morgan fingerprint density at radius 3 is 3.00 bits per heavy atom. The molecule has 2 aromatic heterocycles. The largest absolute Gasteiger partial charge is 0.383 e. The first-order chi connectivity index (χ1) is 8.81. The number of rotatable bonds is 3. The number of methoxy groups -OCH3 is 1. The maximum Gasteiger partial charge on any atom is 0.291 e. The molecule has 3 aromatic rings. The van der Waals surface area contributed by atoms with Gasteiger partial charge in [-0.2, -0.15) is 5.10 Å². The van der Waals surface area contributed by atoms with Gasteiger partial charge in [0, 0.05) is 23.4 Å². The molecule has 0 fully saturated rings. The van der Waals surface area contributed by atoms with Gasteiger partial charge in [0.25, 0.3) is 5.56 Å². The van der Waals surface area contributed by atoms with Crippen LogP contribution in [-0.4, -0.2) is 28.5 Å². The van der Waals surface area contributed by atoms with Crippen LogP contribution in [0.2, 0.25) is 0 Å². The molecule has 0 unspecified atom stereocenters. The smallest absolute Gasteiger partial charge is 0.291 e. The molecule has 2 heterocycles. The van der Waals surface area contributed by atoms with E-state index in [9.17, 15) is 4.79 Å². The van der Waals surface area contributed by atoms with Crippen LogP contribution in [0.1, 0.15) is 0 Å². The van der Waals surface area contributed by atoms with Crippen molar-refractivity contribution in [3.8, 4) is 0 Å². The average Bonchev–Trinajstić information content (AvgIpc) is 2.78. The highest BCUT2D eigenvalue weighted by Crippen LogP contribution is 2.21. The molecule has 0 aliphatic rings. The fraction of sp³-hybridized carbons (Fsp3) is 0.231. The van der Waals surface area contributed by atoms with Crippen molar-refractivity contribution in [2.45, 2.75) is 6.54 Å². The molecule has 0 saturated heterocycles. The van der Waals surface area contributed by atoms with Crippen molar-refractivity contribution in [3.63, 3.8) is 0 Å². The molecule has 3 rings (SSSR count). The predicted molar refractivity (Wildman–Crippen MR) is 69.7 cm³/mol. The van der Waals surface area contributed by atoms with Crippen molar-refractivity contribution in [1.82, 2.24) is 14.8 Å². The van der Waals surface area contributed by atoms with Crippen LogP contribution in [0.5, 0.6) is 0 Å². The van der Waals surface area contributed by atoms with Gasteiger partial charge in [-0.25, -0.2) is 4.68 Å². The standard InChI is InChI=1S/C13H13N3O2/c1-18-7-6-16-13(17)12-10(8-14-16)9-4-2-3-5-11(9)15-12/h2-5,8,15H,6-7H2,1H3. The molecule has 5 heteroatoms. The molecule has 1 aromatic carbocycles. The summed E-state index contributed by atoms with van der Waals surface area (Å²) in [6, 6.07) is 7.82. The number of aromatic amines is 1. The summed E-state index contributed by atoms with van der Waals surface area (Å²) in [5.74, 6) is 0. The number of nitrogens with zero attached hydrogens (tertiary/aromatic N) is 2. The molecule has 0 spiro atoms. The minimum Gasteiger partial charge on any atom is -0.383 e. The summed E-state index contributed by atoms with van der Waals surface area (Å²) in [5, 5.41) is 6.06. The Labute approximate surface area is 103 Å². The first-order valence-electron chi connectivity index (χ1n) is 5.77. The van der Waals surface area contributed by atoms with Crippen molar-refractivity contribution in [2.24, 2.45) is 0 Å². The molecule has 0 saturated carbocycles. The number of aromatic nitrogens is 3. The van der Waals surface area contributed by atoms with E-state index in [1.54, 1.807) is 13.3 Å². The van der Waals surface area contributed by atoms with Crippen LogP contribution in [0.25, 0.3) is 21.8 Å². The third kappa shape index (κ3) is 1.60. The first kappa shape index (κ1) is 11.0. The topological polar surface area (TPSA) is 59.9 Å². The van der Waals surface area contributed by atoms with Gasteiger partial charge in [-0.1, -0.05) is 18.2 Å². The summed E-state index contributed by atoms with van der Waals surface area (Å²) in [6.07, 6.45) is 1.73. The maximum atomic E-state index is 12.2. The quantitative estimate of drug-likeness (QED) is 0.758. The number of hydrogen-bond acceptors (Lipinski definition) is 3. The molecule has 18 heavy (non-hydrogen) atoms. The third-order valence-corrected chi connectivity index (χ3v) is 3.03. The number of hydrogen-bond donors (Lipinski definition) is 1. The second kappa shape index (κ2) is 4.27. The number of benzene rings is 1. The number of fused-ring (bicyclic) bond motifs is 3. The Kier molecular flexibility index (Phi) is 2.60. The Morgan fingerprint density at radius 1 is 1.33 bits per heavy atom. The lowest BCUT2D eigenvalue weighted by molar-refractivity contribution is 0.182. The summed E-state index contributed by atoms with van der Waals surface area (Å²) >= 11 is 0. The van der Waals surface area contributed by atoms with Gasteiger partial charge in [0.15, 0.2) is 0 Å². The molecular weight excluding hydrogens is 230 g/mol. The summed E-state index contributed by atoms with van der Waals surface area (Å²) in [7, 11) is 1.60. The molecule has 0 aliphatic carbocycles. The molecule has 0 bridgehead atoms. The Hall–Kier alpha value is -2.14. The molecule has 1 N–H and O–H groups in total. The number of ether oxygens (including phenoxy) is 1. The molecular formula is C13H13N3O2. The number of H-pyrrole nitrogens is 1. The summed E-state index contributed by atoms with van der Waals surface area (Å²) in [4.78, 5) is 15.4. The Bertz CT molecular complexity index is 758. The van der Waals surface area contributed by atoms with Crippen molar-refractivity contribution >= 4 is 21.8 Å². The lowest BCUT2D eigenvalue weighted by atomic mass is 10.2. The van der Waals surface area contributed by atoms with Gasteiger partial charge < -0.3 is 9.72 Å². The average molecular weight is 243 g/mol. The highest BCUT2D eigenvalue weighted by atomic mass is 16.5. The van der Waals surface area contributed by atoms with Gasteiger partial charge >= 0.3 is 0 Å². The van der Waals surface area contributed by atoms with E-state index < -0.39 is 0 Å². The van der Waals surface area contributed by atoms with Gasteiger partial charge in [-0.3, -0.25) is 4.79 Å². The molecule has 92 valence electrons. The predicted octanol–water partition coefficient (Wildman–Crippen LogP) is 1.52. The van der Waals surface area contributed by atoms with Crippen molar-refractivity contribution in [3.05, 3.63) is 40.8 Å². The van der Waals surface area contributed by atoms with Crippen LogP contribution < -0.4 is 5.56 Å². The second-order valence-corrected chi connectivity index (χ2v) is 4.12. The van der Waals surface area contributed by atoms with Crippen molar-refractivity contribution < 1.29 is 4.74 Å². The van der Waals surface area contributed by atoms with Crippen LogP contribution in [-0.2, 0) is 11.3 Å². The van der Waals surface area contributed by atoms with Gasteiger partial charge in [-0.15, -0.1) is 0 Å². The summed E-state index contributed by atoms with van der Waals surface area (Å²) in [5.41, 5.74) is 1.44. The second-order valence-electron chi connectivity index (χ2n) is 4.12. The zero-order valence-corrected chi connectivity index (χ0v) is 10.0. The van der Waals surface area contributed by atoms with E-state index in [4.69, 9.17) is 4.74 Å². The molecule has 0 atom stereocenters. The molecule has 5 nitrogen and oxygen atoms in total. The van der Waals surface area contributed by atoms with E-state index in [1.807, 2.05) is 24.3 Å². The van der Waals surface area contributed by atoms with Crippen molar-refractivity contribution in [2.75, 3.05) is 13.7 Å². The highest BCUT2D eigenvalue weighted by molar-refractivity contribution is 6.06. The SMILES string of the molecule is COCCn1ncc2c([nH]c3ccccc32)c1=O. The van der Waals surface area contributed by atoms with Gasteiger partial charge in [0.05, 0.1) is 19.3 Å². The van der Waals surface area contributed by atoms with Crippen LogP contribution in [0.4, 0.5) is 0 Å². The monoisotopic (exact) mass is 243 g/mol. The van der Waals surface area contributed by atoms with Gasteiger partial charge in [0.1, 0.15) is 5.52 Å². The summed E-state index contributed by atoms with van der Waals surface area (Å²) in [6.45, 7) is 0.930. The lowest BCUT2D eigenvalue weighted by Gasteiger charge is -2.02. The van der Waals surface area contributed by atoms with E-state index in [2.05, 4.69) is 10.1 Å². The fourth-order valence-electron chi connectivity index (χ4n) is 2.11. The Morgan fingerprint density at radius 2 is 2.17 bits per heavy atom. The van der Waals surface area contributed by atoms with E-state index >= 15 is 0 Å². The van der Waals surface area contributed by atoms with E-state index in [-0.39, 0.29) is 5.56 Å². The van der Waals surface area contributed by atoms with Crippen molar-refractivity contribution in [1.29, 1.82) is 0 Å². The van der Waals surface area contributed by atoms with Gasteiger partial charge in [-0.05, 0) is 6.07 Å². The first-order valence-corrected chi connectivity index (χ1v) is 5.77. The van der Waals surface area contributed by atoms with Crippen LogP contribution in [0.15, 0.2) is 35.3 Å². The van der Waals surface area contributed by atoms with E-state index in [0.29, 0.717) is 18.7 Å². The third-order valence-electron chi connectivity index (χ3n) is 3.03. The number of nitrogens with one attached hydrogen (secondary N) is 1. The normalized spacial score (nSPS) is 11.4. The Balaban J connectivity index is 2.26. The van der Waals surface area contributed by atoms with E-state index in [0.717, 1.165) is 16.3 Å². The fourth-order valence-corrected chi connectivity index (χ4v) is 2.11. The van der Waals surface area contributed by atoms with Crippen LogP contribution >= 0.6 is 0 Å². The van der Waals surface area contributed by atoms with Crippen LogP contribution in [0, 0.1) is 0 Å². The highest BCUT2D eigenvalue weighted by Gasteiger charge is 2.09. The molecule has 0 aliphatic heterocycles. The zero-order chi connectivity index (χ0) is 12.5. The van der Waals surface area contributed by atoms with E-state index in [1.165, 1.54) is 4.68 Å². The maximum absolute atomic E-state index is 12.2. The minimum absolute atomic E-state index is 0.110. The van der Waals surface area contributed by atoms with Crippen LogP contribution in [0.3, 0.4) is 0 Å². The molecule has 0 radical (unpaired) electrons.